The SMILES string of the molecule is CC.CC1=CCCc2cc(-c3cnn(C)c3)ccc21. The molecule has 0 saturated heterocycles. The summed E-state index contributed by atoms with van der Waals surface area (Å²) in [6, 6.07) is 6.74. The lowest BCUT2D eigenvalue weighted by Gasteiger charge is -2.15. The highest BCUT2D eigenvalue weighted by Gasteiger charge is 2.10. The summed E-state index contributed by atoms with van der Waals surface area (Å²) in [6.07, 6.45) is 8.63. The maximum atomic E-state index is 4.23. The summed E-state index contributed by atoms with van der Waals surface area (Å²) in [7, 11) is 1.95. The zero-order valence-corrected chi connectivity index (χ0v) is 12.3. The monoisotopic (exact) mass is 254 g/mol. The van der Waals surface area contributed by atoms with E-state index in [0.717, 1.165) is 12.8 Å². The number of benzene rings is 1. The highest BCUT2D eigenvalue weighted by molar-refractivity contribution is 5.73. The topological polar surface area (TPSA) is 17.8 Å². The van der Waals surface area contributed by atoms with Crippen LogP contribution < -0.4 is 0 Å². The lowest BCUT2D eigenvalue weighted by atomic mass is 9.89. The Balaban J connectivity index is 0.000000637. The minimum absolute atomic E-state index is 1.15. The number of aryl methyl sites for hydroxylation is 2. The Morgan fingerprint density at radius 2 is 1.95 bits per heavy atom. The van der Waals surface area contributed by atoms with Crippen LogP contribution >= 0.6 is 0 Å². The molecule has 0 unspecified atom stereocenters. The lowest BCUT2D eigenvalue weighted by Crippen LogP contribution is -1.97. The molecule has 1 aliphatic rings. The second kappa shape index (κ2) is 5.87. The molecule has 0 bridgehead atoms. The molecular weight excluding hydrogens is 232 g/mol. The zero-order valence-electron chi connectivity index (χ0n) is 12.3. The first-order valence-corrected chi connectivity index (χ1v) is 7.03. The van der Waals surface area contributed by atoms with E-state index in [1.54, 1.807) is 0 Å². The summed E-state index contributed by atoms with van der Waals surface area (Å²) in [5.41, 5.74) is 6.74. The first kappa shape index (κ1) is 13.6. The smallest absolute Gasteiger partial charge is 0.0568 e. The molecule has 0 atom stereocenters. The van der Waals surface area contributed by atoms with E-state index in [4.69, 9.17) is 0 Å². The molecule has 2 aromatic rings. The van der Waals surface area contributed by atoms with E-state index in [9.17, 15) is 0 Å². The average Bonchev–Trinajstić information content (AvgIpc) is 2.88. The number of fused-ring (bicyclic) bond motifs is 1. The van der Waals surface area contributed by atoms with Gasteiger partial charge in [-0.3, -0.25) is 4.68 Å². The molecule has 2 nitrogen and oxygen atoms in total. The summed E-state index contributed by atoms with van der Waals surface area (Å²) in [5.74, 6) is 0. The van der Waals surface area contributed by atoms with E-state index in [0.29, 0.717) is 0 Å². The maximum absolute atomic E-state index is 4.23. The molecule has 100 valence electrons. The van der Waals surface area contributed by atoms with Crippen LogP contribution in [0.25, 0.3) is 16.7 Å². The molecule has 19 heavy (non-hydrogen) atoms. The zero-order chi connectivity index (χ0) is 13.8. The van der Waals surface area contributed by atoms with Crippen molar-refractivity contribution in [1.29, 1.82) is 0 Å². The molecule has 0 radical (unpaired) electrons. The standard InChI is InChI=1S/C15H16N2.C2H6/c1-11-4-3-5-13-8-12(6-7-15(11)13)14-9-16-17(2)10-14;1-2/h4,6-10H,3,5H2,1-2H3;1-2H3. The molecule has 1 aromatic carbocycles. The second-order valence-corrected chi connectivity index (χ2v) is 4.70. The molecule has 0 amide bonds. The normalized spacial score (nSPS) is 13.2. The molecule has 0 saturated carbocycles. The Morgan fingerprint density at radius 3 is 2.63 bits per heavy atom. The van der Waals surface area contributed by atoms with Gasteiger partial charge in [-0.2, -0.15) is 5.10 Å². The van der Waals surface area contributed by atoms with Gasteiger partial charge in [0.1, 0.15) is 0 Å². The van der Waals surface area contributed by atoms with Crippen molar-refractivity contribution in [2.24, 2.45) is 7.05 Å². The van der Waals surface area contributed by atoms with Gasteiger partial charge < -0.3 is 0 Å². The average molecular weight is 254 g/mol. The molecule has 1 aromatic heterocycles. The van der Waals surface area contributed by atoms with Gasteiger partial charge in [0.25, 0.3) is 0 Å². The fraction of sp³-hybridized carbons (Fsp3) is 0.353. The molecule has 1 heterocycles. The summed E-state index contributed by atoms with van der Waals surface area (Å²) < 4.78 is 1.85. The van der Waals surface area contributed by atoms with Crippen molar-refractivity contribution in [2.75, 3.05) is 0 Å². The predicted octanol–water partition coefficient (Wildman–Crippen LogP) is 4.46. The third-order valence-corrected chi connectivity index (χ3v) is 3.43. The summed E-state index contributed by atoms with van der Waals surface area (Å²) in [6.45, 7) is 6.20. The number of nitrogens with zero attached hydrogens (tertiary/aromatic N) is 2. The van der Waals surface area contributed by atoms with E-state index in [1.807, 2.05) is 31.8 Å². The summed E-state index contributed by atoms with van der Waals surface area (Å²) in [5, 5.41) is 4.23. The Labute approximate surface area is 115 Å². The highest BCUT2D eigenvalue weighted by Crippen LogP contribution is 2.30. The van der Waals surface area contributed by atoms with E-state index < -0.39 is 0 Å². The predicted molar refractivity (Wildman–Crippen MR) is 82.0 cm³/mol. The summed E-state index contributed by atoms with van der Waals surface area (Å²) >= 11 is 0. The van der Waals surface area contributed by atoms with Crippen LogP contribution in [0, 0.1) is 0 Å². The van der Waals surface area contributed by atoms with Crippen LogP contribution in [0.3, 0.4) is 0 Å². The molecule has 3 rings (SSSR count). The third-order valence-electron chi connectivity index (χ3n) is 3.43. The van der Waals surface area contributed by atoms with E-state index in [2.05, 4.69) is 42.5 Å². The highest BCUT2D eigenvalue weighted by atomic mass is 15.2. The van der Waals surface area contributed by atoms with Crippen LogP contribution in [0.15, 0.2) is 36.7 Å². The second-order valence-electron chi connectivity index (χ2n) is 4.70. The maximum Gasteiger partial charge on any atom is 0.0568 e. The third kappa shape index (κ3) is 2.78. The molecular formula is C17H22N2. The van der Waals surface area contributed by atoms with E-state index >= 15 is 0 Å². The largest absolute Gasteiger partial charge is 0.275 e. The van der Waals surface area contributed by atoms with Crippen molar-refractivity contribution >= 4 is 5.57 Å². The van der Waals surface area contributed by atoms with Gasteiger partial charge >= 0.3 is 0 Å². The van der Waals surface area contributed by atoms with Gasteiger partial charge in [-0.05, 0) is 42.0 Å². The van der Waals surface area contributed by atoms with E-state index in [-0.39, 0.29) is 0 Å². The van der Waals surface area contributed by atoms with E-state index in [1.165, 1.54) is 27.8 Å². The molecule has 0 fully saturated rings. The van der Waals surface area contributed by atoms with Crippen molar-refractivity contribution in [1.82, 2.24) is 9.78 Å². The number of aromatic nitrogens is 2. The van der Waals surface area contributed by atoms with Crippen molar-refractivity contribution in [2.45, 2.75) is 33.6 Å². The minimum atomic E-state index is 1.15. The molecule has 0 spiro atoms. The Hall–Kier alpha value is -1.83. The molecule has 2 heteroatoms. The molecule has 1 aliphatic carbocycles. The van der Waals surface area contributed by atoms with Gasteiger partial charge in [0.2, 0.25) is 0 Å². The number of allylic oxidation sites excluding steroid dienone is 2. The van der Waals surface area contributed by atoms with Crippen molar-refractivity contribution in [3.63, 3.8) is 0 Å². The Bertz CT molecular complexity index is 591. The number of rotatable bonds is 1. The molecule has 0 aliphatic heterocycles. The van der Waals surface area contributed by atoms with Gasteiger partial charge in [-0.15, -0.1) is 0 Å². The van der Waals surface area contributed by atoms with Gasteiger partial charge in [-0.25, -0.2) is 0 Å². The molecule has 0 N–H and O–H groups in total. The Morgan fingerprint density at radius 1 is 1.16 bits per heavy atom. The fourth-order valence-corrected chi connectivity index (χ4v) is 2.49. The summed E-state index contributed by atoms with van der Waals surface area (Å²) in [4.78, 5) is 0. The number of hydrogen-bond acceptors (Lipinski definition) is 1. The van der Waals surface area contributed by atoms with Crippen LogP contribution in [0.2, 0.25) is 0 Å². The van der Waals surface area contributed by atoms with Gasteiger partial charge in [-0.1, -0.05) is 38.1 Å². The Kier molecular flexibility index (Phi) is 4.20. The first-order valence-electron chi connectivity index (χ1n) is 7.03. The quantitative estimate of drug-likeness (QED) is 0.734. The first-order chi connectivity index (χ1) is 9.24. The van der Waals surface area contributed by atoms with Gasteiger partial charge in [0, 0.05) is 18.8 Å². The minimum Gasteiger partial charge on any atom is -0.275 e. The van der Waals surface area contributed by atoms with Gasteiger partial charge in [0.15, 0.2) is 0 Å². The van der Waals surface area contributed by atoms with Crippen molar-refractivity contribution < 1.29 is 0 Å². The van der Waals surface area contributed by atoms with Crippen molar-refractivity contribution in [3.05, 3.63) is 47.8 Å². The van der Waals surface area contributed by atoms with Crippen LogP contribution in [0.1, 0.15) is 38.3 Å². The lowest BCUT2D eigenvalue weighted by molar-refractivity contribution is 0.768. The van der Waals surface area contributed by atoms with Crippen LogP contribution in [-0.4, -0.2) is 9.78 Å². The van der Waals surface area contributed by atoms with Gasteiger partial charge in [0.05, 0.1) is 6.20 Å². The number of hydrogen-bond donors (Lipinski definition) is 0. The fourth-order valence-electron chi connectivity index (χ4n) is 2.49. The van der Waals surface area contributed by atoms with Crippen molar-refractivity contribution in [3.8, 4) is 11.1 Å². The van der Waals surface area contributed by atoms with Crippen LogP contribution in [0.4, 0.5) is 0 Å². The van der Waals surface area contributed by atoms with Crippen LogP contribution in [-0.2, 0) is 13.5 Å². The van der Waals surface area contributed by atoms with Crippen LogP contribution in [0.5, 0.6) is 0 Å².